The van der Waals surface area contributed by atoms with E-state index in [1.165, 1.54) is 30.4 Å². The van der Waals surface area contributed by atoms with Gasteiger partial charge in [-0.15, -0.1) is 0 Å². The van der Waals surface area contributed by atoms with Crippen LogP contribution in [0.2, 0.25) is 0 Å². The molecule has 0 unspecified atom stereocenters. The third-order valence-electron chi connectivity index (χ3n) is 3.64. The Morgan fingerprint density at radius 2 is 2.00 bits per heavy atom. The second kappa shape index (κ2) is 5.54. The predicted octanol–water partition coefficient (Wildman–Crippen LogP) is 2.93. The summed E-state index contributed by atoms with van der Waals surface area (Å²) in [5.74, 6) is 1.52. The third-order valence-corrected chi connectivity index (χ3v) is 3.64. The van der Waals surface area contributed by atoms with Crippen molar-refractivity contribution in [1.82, 2.24) is 0 Å². The first kappa shape index (κ1) is 12.4. The third kappa shape index (κ3) is 3.01. The first-order chi connectivity index (χ1) is 8.18. The minimum absolute atomic E-state index is 0.120. The Hall–Kier alpha value is -1.02. The fraction of sp³-hybridized carbons (Fsp3) is 0.600. The average molecular weight is 233 g/mol. The summed E-state index contributed by atoms with van der Waals surface area (Å²) in [6.45, 7) is 4.89. The van der Waals surface area contributed by atoms with Crippen LogP contribution in [0.15, 0.2) is 18.2 Å². The van der Waals surface area contributed by atoms with Gasteiger partial charge in [0.15, 0.2) is 0 Å². The van der Waals surface area contributed by atoms with Crippen molar-refractivity contribution in [2.24, 2.45) is 11.7 Å². The maximum atomic E-state index is 6.02. The topological polar surface area (TPSA) is 35.2 Å². The van der Waals surface area contributed by atoms with Gasteiger partial charge in [0.25, 0.3) is 0 Å². The van der Waals surface area contributed by atoms with Crippen molar-refractivity contribution < 1.29 is 4.74 Å². The number of fused-ring (bicyclic) bond motifs is 1. The highest BCUT2D eigenvalue weighted by Gasteiger charge is 2.15. The van der Waals surface area contributed by atoms with E-state index in [-0.39, 0.29) is 6.04 Å². The molecule has 0 amide bonds. The van der Waals surface area contributed by atoms with E-state index in [1.807, 2.05) is 0 Å². The highest BCUT2D eigenvalue weighted by molar-refractivity contribution is 5.41. The number of benzene rings is 1. The van der Waals surface area contributed by atoms with Crippen LogP contribution in [-0.4, -0.2) is 12.6 Å². The summed E-state index contributed by atoms with van der Waals surface area (Å²) in [5, 5.41) is 0. The predicted molar refractivity (Wildman–Crippen MR) is 71.4 cm³/mol. The molecule has 94 valence electrons. The lowest BCUT2D eigenvalue weighted by Gasteiger charge is -2.22. The first-order valence-corrected chi connectivity index (χ1v) is 6.67. The van der Waals surface area contributed by atoms with E-state index in [2.05, 4.69) is 32.0 Å². The quantitative estimate of drug-likeness (QED) is 0.868. The van der Waals surface area contributed by atoms with Crippen molar-refractivity contribution in [3.63, 3.8) is 0 Å². The van der Waals surface area contributed by atoms with Crippen LogP contribution >= 0.6 is 0 Å². The molecule has 0 radical (unpaired) electrons. The SMILES string of the molecule is CC(C)[C@@H](N)COc1cccc2c1CCCC2. The lowest BCUT2D eigenvalue weighted by atomic mass is 9.91. The van der Waals surface area contributed by atoms with E-state index >= 15 is 0 Å². The fourth-order valence-corrected chi connectivity index (χ4v) is 2.26. The zero-order valence-corrected chi connectivity index (χ0v) is 10.9. The van der Waals surface area contributed by atoms with Crippen LogP contribution in [0.3, 0.4) is 0 Å². The van der Waals surface area contributed by atoms with Gasteiger partial charge in [-0.3, -0.25) is 0 Å². The molecule has 0 saturated carbocycles. The Bertz CT molecular complexity index is 373. The molecule has 1 aromatic carbocycles. The number of nitrogens with two attached hydrogens (primary N) is 1. The molecule has 0 aliphatic heterocycles. The summed E-state index contributed by atoms with van der Waals surface area (Å²) in [6, 6.07) is 6.52. The maximum Gasteiger partial charge on any atom is 0.122 e. The highest BCUT2D eigenvalue weighted by Crippen LogP contribution is 2.29. The molecule has 0 bridgehead atoms. The molecule has 17 heavy (non-hydrogen) atoms. The molecule has 2 N–H and O–H groups in total. The van der Waals surface area contributed by atoms with Gasteiger partial charge in [0.1, 0.15) is 12.4 Å². The molecule has 2 heteroatoms. The van der Waals surface area contributed by atoms with Crippen LogP contribution in [0.1, 0.15) is 37.8 Å². The molecule has 0 saturated heterocycles. The molecule has 0 heterocycles. The number of hydrogen-bond acceptors (Lipinski definition) is 2. The van der Waals surface area contributed by atoms with Crippen LogP contribution in [0, 0.1) is 5.92 Å². The zero-order chi connectivity index (χ0) is 12.3. The normalized spacial score (nSPS) is 16.7. The Kier molecular flexibility index (Phi) is 4.06. The molecule has 1 aliphatic rings. The summed E-state index contributed by atoms with van der Waals surface area (Å²) >= 11 is 0. The standard InChI is InChI=1S/C15H23NO/c1-11(2)14(16)10-17-15-9-5-7-12-6-3-4-8-13(12)15/h5,7,9,11,14H,3-4,6,8,10,16H2,1-2H3/t14-/m0/s1. The van der Waals surface area contributed by atoms with E-state index in [1.54, 1.807) is 0 Å². The zero-order valence-electron chi connectivity index (χ0n) is 10.9. The van der Waals surface area contributed by atoms with Crippen LogP contribution in [0.4, 0.5) is 0 Å². The highest BCUT2D eigenvalue weighted by atomic mass is 16.5. The fourth-order valence-electron chi connectivity index (χ4n) is 2.26. The summed E-state index contributed by atoms with van der Waals surface area (Å²) in [4.78, 5) is 0. The molecular weight excluding hydrogens is 210 g/mol. The molecule has 1 aliphatic carbocycles. The Morgan fingerprint density at radius 1 is 1.24 bits per heavy atom. The van der Waals surface area contributed by atoms with Crippen LogP contribution in [0.5, 0.6) is 5.75 Å². The van der Waals surface area contributed by atoms with Crippen molar-refractivity contribution >= 4 is 0 Å². The van der Waals surface area contributed by atoms with Gasteiger partial charge < -0.3 is 10.5 Å². The van der Waals surface area contributed by atoms with E-state index in [0.29, 0.717) is 12.5 Å². The molecule has 2 rings (SSSR count). The Balaban J connectivity index is 2.06. The van der Waals surface area contributed by atoms with Crippen LogP contribution in [0.25, 0.3) is 0 Å². The molecule has 0 aromatic heterocycles. The molecule has 1 atom stereocenters. The van der Waals surface area contributed by atoms with Gasteiger partial charge in [-0.2, -0.15) is 0 Å². The summed E-state index contributed by atoms with van der Waals surface area (Å²) < 4.78 is 5.90. The second-order valence-corrected chi connectivity index (χ2v) is 5.32. The number of ether oxygens (including phenoxy) is 1. The Labute approximate surface area is 104 Å². The van der Waals surface area contributed by atoms with E-state index in [0.717, 1.165) is 12.2 Å². The van der Waals surface area contributed by atoms with Crippen LogP contribution < -0.4 is 10.5 Å². The second-order valence-electron chi connectivity index (χ2n) is 5.32. The molecule has 0 fully saturated rings. The number of aryl methyl sites for hydroxylation is 1. The largest absolute Gasteiger partial charge is 0.492 e. The summed E-state index contributed by atoms with van der Waals surface area (Å²) in [6.07, 6.45) is 4.94. The molecule has 0 spiro atoms. The van der Waals surface area contributed by atoms with Crippen LogP contribution in [-0.2, 0) is 12.8 Å². The van der Waals surface area contributed by atoms with E-state index in [4.69, 9.17) is 10.5 Å². The van der Waals surface area contributed by atoms with Gasteiger partial charge in [-0.25, -0.2) is 0 Å². The van der Waals surface area contributed by atoms with Crippen molar-refractivity contribution in [1.29, 1.82) is 0 Å². The van der Waals surface area contributed by atoms with Gasteiger partial charge in [-0.05, 0) is 48.8 Å². The van der Waals surface area contributed by atoms with Gasteiger partial charge in [-0.1, -0.05) is 26.0 Å². The number of rotatable bonds is 4. The summed E-state index contributed by atoms with van der Waals surface area (Å²) in [7, 11) is 0. The monoisotopic (exact) mass is 233 g/mol. The minimum atomic E-state index is 0.120. The smallest absolute Gasteiger partial charge is 0.122 e. The summed E-state index contributed by atoms with van der Waals surface area (Å²) in [5.41, 5.74) is 8.89. The molecule has 1 aromatic rings. The van der Waals surface area contributed by atoms with Crippen molar-refractivity contribution in [2.45, 2.75) is 45.6 Å². The minimum Gasteiger partial charge on any atom is -0.492 e. The molecular formula is C15H23NO. The first-order valence-electron chi connectivity index (χ1n) is 6.67. The maximum absolute atomic E-state index is 6.02. The lowest BCUT2D eigenvalue weighted by Crippen LogP contribution is -2.33. The molecule has 2 nitrogen and oxygen atoms in total. The average Bonchev–Trinajstić information content (AvgIpc) is 2.35. The Morgan fingerprint density at radius 3 is 2.76 bits per heavy atom. The van der Waals surface area contributed by atoms with Crippen molar-refractivity contribution in [2.75, 3.05) is 6.61 Å². The van der Waals surface area contributed by atoms with Gasteiger partial charge in [0, 0.05) is 6.04 Å². The lowest BCUT2D eigenvalue weighted by molar-refractivity contribution is 0.256. The van der Waals surface area contributed by atoms with Gasteiger partial charge >= 0.3 is 0 Å². The van der Waals surface area contributed by atoms with Crippen molar-refractivity contribution in [3.8, 4) is 5.75 Å². The van der Waals surface area contributed by atoms with E-state index < -0.39 is 0 Å². The van der Waals surface area contributed by atoms with E-state index in [9.17, 15) is 0 Å². The van der Waals surface area contributed by atoms with Gasteiger partial charge in [0.2, 0.25) is 0 Å². The number of hydrogen-bond donors (Lipinski definition) is 1. The van der Waals surface area contributed by atoms with Gasteiger partial charge in [0.05, 0.1) is 0 Å². The van der Waals surface area contributed by atoms with Crippen molar-refractivity contribution in [3.05, 3.63) is 29.3 Å².